The Labute approximate surface area is 123 Å². The van der Waals surface area contributed by atoms with E-state index >= 15 is 0 Å². The lowest BCUT2D eigenvalue weighted by Crippen LogP contribution is -2.38. The molecule has 0 saturated carbocycles. The minimum absolute atomic E-state index is 0.217. The fourth-order valence-corrected chi connectivity index (χ4v) is 3.15. The van der Waals surface area contributed by atoms with Crippen molar-refractivity contribution in [3.05, 3.63) is 29.6 Å². The van der Waals surface area contributed by atoms with Gasteiger partial charge in [-0.15, -0.1) is 11.6 Å². The fourth-order valence-electron chi connectivity index (χ4n) is 2.96. The van der Waals surface area contributed by atoms with E-state index in [9.17, 15) is 4.79 Å². The number of likely N-dealkylation sites (tertiary alicyclic amines) is 1. The first-order valence-corrected chi connectivity index (χ1v) is 7.41. The van der Waals surface area contributed by atoms with Gasteiger partial charge < -0.3 is 9.47 Å². The van der Waals surface area contributed by atoms with Gasteiger partial charge in [0.1, 0.15) is 5.82 Å². The standard InChI is InChI=1S/C15H18ClN3O/c1-10-3-5-13-12(7-10)17-14(8-16)19(13)11-4-6-15(20)18(2)9-11/h3,5,7,11H,4,6,8-9H2,1-2H3. The second kappa shape index (κ2) is 5.09. The largest absolute Gasteiger partial charge is 0.344 e. The normalized spacial score (nSPS) is 19.9. The van der Waals surface area contributed by atoms with Crippen LogP contribution in [0.15, 0.2) is 18.2 Å². The van der Waals surface area contributed by atoms with Crippen LogP contribution < -0.4 is 0 Å². The highest BCUT2D eigenvalue weighted by Gasteiger charge is 2.27. The van der Waals surface area contributed by atoms with Crippen molar-refractivity contribution < 1.29 is 4.79 Å². The molecule has 1 unspecified atom stereocenters. The van der Waals surface area contributed by atoms with Gasteiger partial charge >= 0.3 is 0 Å². The molecule has 1 aliphatic heterocycles. The number of imidazole rings is 1. The summed E-state index contributed by atoms with van der Waals surface area (Å²) in [5.41, 5.74) is 3.29. The first kappa shape index (κ1) is 13.4. The summed E-state index contributed by atoms with van der Waals surface area (Å²) in [6.07, 6.45) is 1.45. The van der Waals surface area contributed by atoms with Crippen molar-refractivity contribution in [2.45, 2.75) is 31.7 Å². The quantitative estimate of drug-likeness (QED) is 0.798. The number of nitrogens with zero attached hydrogens (tertiary/aromatic N) is 3. The van der Waals surface area contributed by atoms with E-state index in [0.29, 0.717) is 12.3 Å². The van der Waals surface area contributed by atoms with Crippen LogP contribution in [0, 0.1) is 6.92 Å². The Morgan fingerprint density at radius 1 is 1.45 bits per heavy atom. The summed E-state index contributed by atoms with van der Waals surface area (Å²) in [5, 5.41) is 0. The van der Waals surface area contributed by atoms with Gasteiger partial charge in [-0.05, 0) is 31.0 Å². The smallest absolute Gasteiger partial charge is 0.222 e. The van der Waals surface area contributed by atoms with Crippen LogP contribution in [0.2, 0.25) is 0 Å². The molecule has 0 radical (unpaired) electrons. The maximum absolute atomic E-state index is 11.6. The molecule has 1 saturated heterocycles. The zero-order valence-electron chi connectivity index (χ0n) is 11.8. The molecule has 20 heavy (non-hydrogen) atoms. The number of aryl methyl sites for hydroxylation is 1. The number of fused-ring (bicyclic) bond motifs is 1. The number of benzene rings is 1. The summed E-state index contributed by atoms with van der Waals surface area (Å²) in [6.45, 7) is 2.79. The van der Waals surface area contributed by atoms with Crippen molar-refractivity contribution in [3.8, 4) is 0 Å². The third kappa shape index (κ3) is 2.18. The van der Waals surface area contributed by atoms with Crippen molar-refractivity contribution in [1.29, 1.82) is 0 Å². The first-order valence-electron chi connectivity index (χ1n) is 6.87. The molecule has 1 amide bonds. The van der Waals surface area contributed by atoms with E-state index in [4.69, 9.17) is 11.6 Å². The summed E-state index contributed by atoms with van der Waals surface area (Å²) in [7, 11) is 1.86. The van der Waals surface area contributed by atoms with E-state index < -0.39 is 0 Å². The van der Waals surface area contributed by atoms with Crippen LogP contribution >= 0.6 is 11.6 Å². The Balaban J connectivity index is 2.07. The Hall–Kier alpha value is -1.55. The number of carbonyl (C=O) groups is 1. The lowest BCUT2D eigenvalue weighted by atomic mass is 10.0. The maximum Gasteiger partial charge on any atom is 0.222 e. The molecule has 1 atom stereocenters. The van der Waals surface area contributed by atoms with Gasteiger partial charge in [0.2, 0.25) is 5.91 Å². The number of amides is 1. The molecule has 0 bridgehead atoms. The van der Waals surface area contributed by atoms with Crippen LogP contribution in [-0.4, -0.2) is 34.0 Å². The van der Waals surface area contributed by atoms with Crippen molar-refractivity contribution in [2.75, 3.05) is 13.6 Å². The van der Waals surface area contributed by atoms with Crippen LogP contribution in [0.25, 0.3) is 11.0 Å². The molecule has 2 heterocycles. The van der Waals surface area contributed by atoms with Crippen molar-refractivity contribution in [2.24, 2.45) is 0 Å². The van der Waals surface area contributed by atoms with Crippen molar-refractivity contribution in [1.82, 2.24) is 14.5 Å². The topological polar surface area (TPSA) is 38.1 Å². The third-order valence-electron chi connectivity index (χ3n) is 4.00. The zero-order valence-corrected chi connectivity index (χ0v) is 12.5. The van der Waals surface area contributed by atoms with Crippen LogP contribution in [0.1, 0.15) is 30.3 Å². The zero-order chi connectivity index (χ0) is 14.3. The van der Waals surface area contributed by atoms with E-state index in [1.54, 1.807) is 4.90 Å². The molecule has 1 fully saturated rings. The number of piperidine rings is 1. The SMILES string of the molecule is Cc1ccc2c(c1)nc(CCl)n2C1CCC(=O)N(C)C1. The molecule has 0 spiro atoms. The summed E-state index contributed by atoms with van der Waals surface area (Å²) < 4.78 is 2.21. The Morgan fingerprint density at radius 3 is 2.95 bits per heavy atom. The molecule has 1 aliphatic rings. The second-order valence-electron chi connectivity index (χ2n) is 5.49. The number of hydrogen-bond acceptors (Lipinski definition) is 2. The molecule has 1 aromatic heterocycles. The van der Waals surface area contributed by atoms with Crippen molar-refractivity contribution in [3.63, 3.8) is 0 Å². The van der Waals surface area contributed by atoms with E-state index in [2.05, 4.69) is 34.7 Å². The number of carbonyl (C=O) groups excluding carboxylic acids is 1. The highest BCUT2D eigenvalue weighted by atomic mass is 35.5. The third-order valence-corrected chi connectivity index (χ3v) is 4.24. The highest BCUT2D eigenvalue weighted by molar-refractivity contribution is 6.16. The van der Waals surface area contributed by atoms with Gasteiger partial charge in [0.25, 0.3) is 0 Å². The molecule has 2 aromatic rings. The van der Waals surface area contributed by atoms with E-state index in [-0.39, 0.29) is 11.9 Å². The van der Waals surface area contributed by atoms with Gasteiger partial charge in [-0.2, -0.15) is 0 Å². The lowest BCUT2D eigenvalue weighted by molar-refractivity contribution is -0.132. The van der Waals surface area contributed by atoms with Crippen LogP contribution in [-0.2, 0) is 10.7 Å². The molecular weight excluding hydrogens is 274 g/mol. The van der Waals surface area contributed by atoms with Crippen LogP contribution in [0.4, 0.5) is 0 Å². The predicted molar refractivity (Wildman–Crippen MR) is 79.9 cm³/mol. The molecule has 106 valence electrons. The van der Waals surface area contributed by atoms with Gasteiger partial charge in [0.05, 0.1) is 23.0 Å². The molecule has 3 rings (SSSR count). The van der Waals surface area contributed by atoms with Gasteiger partial charge in [0, 0.05) is 20.0 Å². The van der Waals surface area contributed by atoms with E-state index in [1.165, 1.54) is 5.56 Å². The molecule has 0 N–H and O–H groups in total. The minimum Gasteiger partial charge on any atom is -0.344 e. The summed E-state index contributed by atoms with van der Waals surface area (Å²) in [6, 6.07) is 6.54. The lowest BCUT2D eigenvalue weighted by Gasteiger charge is -2.31. The highest BCUT2D eigenvalue weighted by Crippen LogP contribution is 2.29. The van der Waals surface area contributed by atoms with Crippen LogP contribution in [0.5, 0.6) is 0 Å². The molecule has 1 aromatic carbocycles. The van der Waals surface area contributed by atoms with Crippen LogP contribution in [0.3, 0.4) is 0 Å². The summed E-state index contributed by atoms with van der Waals surface area (Å²) in [4.78, 5) is 18.1. The predicted octanol–water partition coefficient (Wildman–Crippen LogP) is 2.88. The maximum atomic E-state index is 11.6. The fraction of sp³-hybridized carbons (Fsp3) is 0.467. The van der Waals surface area contributed by atoms with E-state index in [0.717, 1.165) is 29.8 Å². The first-order chi connectivity index (χ1) is 9.60. The molecule has 0 aliphatic carbocycles. The monoisotopic (exact) mass is 291 g/mol. The number of likely N-dealkylation sites (N-methyl/N-ethyl adjacent to an activating group) is 1. The molecule has 5 heteroatoms. The Bertz CT molecular complexity index is 664. The van der Waals surface area contributed by atoms with Crippen molar-refractivity contribution >= 4 is 28.5 Å². The number of hydrogen-bond donors (Lipinski definition) is 0. The van der Waals surface area contributed by atoms with Gasteiger partial charge in [-0.1, -0.05) is 6.07 Å². The van der Waals surface area contributed by atoms with Gasteiger partial charge in [-0.25, -0.2) is 4.98 Å². The molecule has 4 nitrogen and oxygen atoms in total. The average Bonchev–Trinajstić information content (AvgIpc) is 2.79. The molecular formula is C15H18ClN3O. The van der Waals surface area contributed by atoms with Gasteiger partial charge in [0.15, 0.2) is 0 Å². The summed E-state index contributed by atoms with van der Waals surface area (Å²) >= 11 is 6.06. The van der Waals surface area contributed by atoms with Gasteiger partial charge in [-0.3, -0.25) is 4.79 Å². The Morgan fingerprint density at radius 2 is 2.25 bits per heavy atom. The summed E-state index contributed by atoms with van der Waals surface area (Å²) in [5.74, 6) is 1.50. The second-order valence-corrected chi connectivity index (χ2v) is 5.76. The number of alkyl halides is 1. The number of aromatic nitrogens is 2. The number of rotatable bonds is 2. The van der Waals surface area contributed by atoms with E-state index in [1.807, 2.05) is 7.05 Å². The minimum atomic E-state index is 0.217. The number of halogens is 1. The Kier molecular flexibility index (Phi) is 3.42. The average molecular weight is 292 g/mol.